The van der Waals surface area contributed by atoms with E-state index >= 15 is 0 Å². The average molecular weight is 239 g/mol. The molecule has 16 heavy (non-hydrogen) atoms. The van der Waals surface area contributed by atoms with Crippen molar-refractivity contribution in [3.8, 4) is 0 Å². The maximum Gasteiger partial charge on any atom is 0.153 e. The van der Waals surface area contributed by atoms with E-state index in [1.807, 2.05) is 30.3 Å². The molecule has 4 heteroatoms. The van der Waals surface area contributed by atoms with E-state index in [0.717, 1.165) is 5.56 Å². The molecule has 0 aromatic heterocycles. The zero-order valence-corrected chi connectivity index (χ0v) is 10.2. The van der Waals surface area contributed by atoms with E-state index in [4.69, 9.17) is 5.73 Å². The van der Waals surface area contributed by atoms with Crippen LogP contribution in [0.5, 0.6) is 0 Å². The van der Waals surface area contributed by atoms with Gasteiger partial charge in [-0.2, -0.15) is 0 Å². The minimum atomic E-state index is -2.96. The van der Waals surface area contributed by atoms with Crippen LogP contribution in [-0.2, 0) is 9.84 Å². The van der Waals surface area contributed by atoms with Gasteiger partial charge in [-0.1, -0.05) is 37.3 Å². The molecular formula is C12H17NO2S. The highest BCUT2D eigenvalue weighted by molar-refractivity contribution is 7.92. The van der Waals surface area contributed by atoms with Gasteiger partial charge in [0.25, 0.3) is 0 Å². The Morgan fingerprint density at radius 2 is 1.88 bits per heavy atom. The van der Waals surface area contributed by atoms with Gasteiger partial charge in [0, 0.05) is 11.7 Å². The number of nitrogens with two attached hydrogens (primary N) is 1. The molecule has 88 valence electrons. The van der Waals surface area contributed by atoms with Crippen molar-refractivity contribution in [1.82, 2.24) is 0 Å². The quantitative estimate of drug-likeness (QED) is 0.857. The second-order valence-electron chi connectivity index (χ2n) is 4.25. The van der Waals surface area contributed by atoms with Crippen molar-refractivity contribution in [2.24, 2.45) is 11.7 Å². The Labute approximate surface area is 96.6 Å². The standard InChI is InChI=1S/C12H17NO2S/c1-2-16(14,15)12-10(8-13)11(12)9-6-4-3-5-7-9/h3-7,10-12H,2,8,13H2,1H3/t10-,11+,12-/m1/s1. The van der Waals surface area contributed by atoms with E-state index in [0.29, 0.717) is 6.54 Å². The zero-order chi connectivity index (χ0) is 11.8. The molecule has 1 aromatic carbocycles. The van der Waals surface area contributed by atoms with Crippen molar-refractivity contribution in [2.45, 2.75) is 18.1 Å². The van der Waals surface area contributed by atoms with Crippen molar-refractivity contribution >= 4 is 9.84 Å². The fourth-order valence-electron chi connectivity index (χ4n) is 2.42. The lowest BCUT2D eigenvalue weighted by Gasteiger charge is -2.00. The Hall–Kier alpha value is -0.870. The van der Waals surface area contributed by atoms with Crippen molar-refractivity contribution in [3.05, 3.63) is 35.9 Å². The van der Waals surface area contributed by atoms with Gasteiger partial charge in [0.2, 0.25) is 0 Å². The van der Waals surface area contributed by atoms with Crippen LogP contribution in [0.1, 0.15) is 18.4 Å². The molecule has 0 aliphatic heterocycles. The third-order valence-corrected chi connectivity index (χ3v) is 5.65. The van der Waals surface area contributed by atoms with Gasteiger partial charge in [0.05, 0.1) is 5.25 Å². The summed E-state index contributed by atoms with van der Waals surface area (Å²) in [5, 5.41) is -0.259. The van der Waals surface area contributed by atoms with Gasteiger partial charge < -0.3 is 5.73 Å². The van der Waals surface area contributed by atoms with Crippen LogP contribution in [0.4, 0.5) is 0 Å². The number of benzene rings is 1. The molecule has 1 saturated carbocycles. The van der Waals surface area contributed by atoms with E-state index in [1.54, 1.807) is 6.92 Å². The summed E-state index contributed by atoms with van der Waals surface area (Å²) in [4.78, 5) is 0. The molecule has 0 spiro atoms. The molecular weight excluding hydrogens is 222 g/mol. The monoisotopic (exact) mass is 239 g/mol. The normalized spacial score (nSPS) is 29.0. The Kier molecular flexibility index (Phi) is 3.04. The molecule has 1 aliphatic rings. The summed E-state index contributed by atoms with van der Waals surface area (Å²) in [5.41, 5.74) is 6.74. The summed E-state index contributed by atoms with van der Waals surface area (Å²) < 4.78 is 23.7. The van der Waals surface area contributed by atoms with E-state index in [2.05, 4.69) is 0 Å². The second-order valence-corrected chi connectivity index (χ2v) is 6.70. The lowest BCUT2D eigenvalue weighted by molar-refractivity contribution is 0.593. The largest absolute Gasteiger partial charge is 0.330 e. The van der Waals surface area contributed by atoms with Crippen LogP contribution < -0.4 is 5.73 Å². The lowest BCUT2D eigenvalue weighted by Crippen LogP contribution is -2.15. The predicted octanol–water partition coefficient (Wildman–Crippen LogP) is 1.16. The molecule has 0 radical (unpaired) electrons. The molecule has 1 aliphatic carbocycles. The van der Waals surface area contributed by atoms with Crippen molar-refractivity contribution < 1.29 is 8.42 Å². The molecule has 0 heterocycles. The van der Waals surface area contributed by atoms with Gasteiger partial charge in [0.1, 0.15) is 0 Å². The van der Waals surface area contributed by atoms with Crippen LogP contribution in [0.15, 0.2) is 30.3 Å². The van der Waals surface area contributed by atoms with Crippen molar-refractivity contribution in [2.75, 3.05) is 12.3 Å². The van der Waals surface area contributed by atoms with Crippen LogP contribution in [-0.4, -0.2) is 26.0 Å². The third kappa shape index (κ3) is 1.87. The highest BCUT2D eigenvalue weighted by atomic mass is 32.2. The molecule has 0 amide bonds. The fourth-order valence-corrected chi connectivity index (χ4v) is 4.33. The molecule has 3 nitrogen and oxygen atoms in total. The van der Waals surface area contributed by atoms with E-state index < -0.39 is 9.84 Å². The summed E-state index contributed by atoms with van der Waals surface area (Å²) in [7, 11) is -2.96. The van der Waals surface area contributed by atoms with Crippen LogP contribution in [0.25, 0.3) is 0 Å². The molecule has 0 unspecified atom stereocenters. The van der Waals surface area contributed by atoms with E-state index in [1.165, 1.54) is 0 Å². The Balaban J connectivity index is 2.26. The minimum absolute atomic E-state index is 0.104. The number of rotatable bonds is 4. The highest BCUT2D eigenvalue weighted by Gasteiger charge is 2.56. The Bertz CT molecular complexity index is 455. The fraction of sp³-hybridized carbons (Fsp3) is 0.500. The first kappa shape index (κ1) is 11.6. The van der Waals surface area contributed by atoms with E-state index in [-0.39, 0.29) is 22.8 Å². The van der Waals surface area contributed by atoms with Crippen molar-refractivity contribution in [3.63, 3.8) is 0 Å². The zero-order valence-electron chi connectivity index (χ0n) is 9.34. The molecule has 0 bridgehead atoms. The number of hydrogen-bond acceptors (Lipinski definition) is 3. The van der Waals surface area contributed by atoms with Gasteiger partial charge in [-0.15, -0.1) is 0 Å². The number of hydrogen-bond donors (Lipinski definition) is 1. The third-order valence-electron chi connectivity index (χ3n) is 3.37. The predicted molar refractivity (Wildman–Crippen MR) is 65.0 cm³/mol. The topological polar surface area (TPSA) is 60.2 Å². The van der Waals surface area contributed by atoms with Crippen LogP contribution in [0.3, 0.4) is 0 Å². The molecule has 2 rings (SSSR count). The van der Waals surface area contributed by atoms with Gasteiger partial charge in [0.15, 0.2) is 9.84 Å². The summed E-state index contributed by atoms with van der Waals surface area (Å²) in [6, 6.07) is 9.79. The summed E-state index contributed by atoms with van der Waals surface area (Å²) in [5.74, 6) is 0.417. The minimum Gasteiger partial charge on any atom is -0.330 e. The first-order valence-corrected chi connectivity index (χ1v) is 7.30. The van der Waals surface area contributed by atoms with Gasteiger partial charge in [-0.3, -0.25) is 0 Å². The molecule has 2 N–H and O–H groups in total. The maximum absolute atomic E-state index is 11.9. The molecule has 0 saturated heterocycles. The van der Waals surface area contributed by atoms with Crippen LogP contribution in [0.2, 0.25) is 0 Å². The van der Waals surface area contributed by atoms with Crippen LogP contribution >= 0.6 is 0 Å². The highest BCUT2D eigenvalue weighted by Crippen LogP contribution is 2.51. The summed E-state index contributed by atoms with van der Waals surface area (Å²) in [6.07, 6.45) is 0. The SMILES string of the molecule is CCS(=O)(=O)[C@@H]1[C@H](CN)[C@@H]1c1ccccc1. The second kappa shape index (κ2) is 4.18. The summed E-state index contributed by atoms with van der Waals surface area (Å²) >= 11 is 0. The Morgan fingerprint density at radius 1 is 1.25 bits per heavy atom. The van der Waals surface area contributed by atoms with Crippen molar-refractivity contribution in [1.29, 1.82) is 0 Å². The smallest absolute Gasteiger partial charge is 0.153 e. The number of sulfone groups is 1. The van der Waals surface area contributed by atoms with Gasteiger partial charge in [-0.25, -0.2) is 8.42 Å². The first-order valence-electron chi connectivity index (χ1n) is 5.58. The van der Waals surface area contributed by atoms with Gasteiger partial charge >= 0.3 is 0 Å². The molecule has 1 fully saturated rings. The molecule has 1 aromatic rings. The maximum atomic E-state index is 11.9. The first-order chi connectivity index (χ1) is 7.61. The van der Waals surface area contributed by atoms with Gasteiger partial charge in [-0.05, 0) is 18.0 Å². The lowest BCUT2D eigenvalue weighted by atomic mass is 10.1. The molecule has 3 atom stereocenters. The van der Waals surface area contributed by atoms with Crippen LogP contribution in [0, 0.1) is 5.92 Å². The average Bonchev–Trinajstić information content (AvgIpc) is 3.05. The summed E-state index contributed by atoms with van der Waals surface area (Å²) in [6.45, 7) is 2.15. The Morgan fingerprint density at radius 3 is 2.38 bits per heavy atom. The van der Waals surface area contributed by atoms with E-state index in [9.17, 15) is 8.42 Å².